The van der Waals surface area contributed by atoms with Crippen LogP contribution >= 0.6 is 0 Å². The van der Waals surface area contributed by atoms with Gasteiger partial charge in [-0.1, -0.05) is 6.92 Å². The number of ether oxygens (including phenoxy) is 1. The lowest BCUT2D eigenvalue weighted by Crippen LogP contribution is -2.33. The van der Waals surface area contributed by atoms with E-state index >= 15 is 0 Å². The van der Waals surface area contributed by atoms with E-state index in [0.717, 1.165) is 48.9 Å². The van der Waals surface area contributed by atoms with Crippen LogP contribution in [0.25, 0.3) is 0 Å². The van der Waals surface area contributed by atoms with E-state index in [-0.39, 0.29) is 0 Å². The third kappa shape index (κ3) is 3.35. The Morgan fingerprint density at radius 3 is 2.68 bits per heavy atom. The first-order valence-corrected chi connectivity index (χ1v) is 7.07. The zero-order chi connectivity index (χ0) is 13.8. The van der Waals surface area contributed by atoms with Gasteiger partial charge in [-0.25, -0.2) is 9.97 Å². The Kier molecular flexibility index (Phi) is 4.58. The van der Waals surface area contributed by atoms with Gasteiger partial charge in [-0.15, -0.1) is 0 Å². The summed E-state index contributed by atoms with van der Waals surface area (Å²) in [6.45, 7) is 7.07. The molecule has 0 radical (unpaired) electrons. The lowest BCUT2D eigenvalue weighted by molar-refractivity contribution is 0.0231. The highest BCUT2D eigenvalue weighted by atomic mass is 16.5. The van der Waals surface area contributed by atoms with Crippen LogP contribution in [0, 0.1) is 6.92 Å². The normalized spacial score (nSPS) is 23.2. The number of nitrogens with one attached hydrogen (secondary N) is 2. The molecular formula is C14H24N4O. The fourth-order valence-electron chi connectivity index (χ4n) is 2.43. The maximum Gasteiger partial charge on any atom is 0.134 e. The van der Waals surface area contributed by atoms with Gasteiger partial charge in [0, 0.05) is 31.7 Å². The molecular weight excluding hydrogens is 240 g/mol. The maximum atomic E-state index is 5.58. The first-order valence-electron chi connectivity index (χ1n) is 7.07. The molecule has 106 valence electrons. The molecule has 1 aliphatic heterocycles. The number of hydrogen-bond acceptors (Lipinski definition) is 5. The third-order valence-corrected chi connectivity index (χ3v) is 3.57. The van der Waals surface area contributed by atoms with E-state index in [9.17, 15) is 0 Å². The second-order valence-corrected chi connectivity index (χ2v) is 5.11. The molecule has 5 nitrogen and oxygen atoms in total. The molecule has 5 heteroatoms. The summed E-state index contributed by atoms with van der Waals surface area (Å²) in [4.78, 5) is 9.11. The number of nitrogens with zero attached hydrogens (tertiary/aromatic N) is 2. The average Bonchev–Trinajstić information content (AvgIpc) is 2.41. The molecule has 1 aliphatic rings. The minimum Gasteiger partial charge on any atom is -0.378 e. The van der Waals surface area contributed by atoms with Gasteiger partial charge in [-0.05, 0) is 26.7 Å². The van der Waals surface area contributed by atoms with Crippen LogP contribution in [0.15, 0.2) is 0 Å². The minimum atomic E-state index is 0.322. The van der Waals surface area contributed by atoms with Crippen LogP contribution in [-0.4, -0.2) is 35.8 Å². The van der Waals surface area contributed by atoms with Crippen LogP contribution in [0.1, 0.15) is 38.1 Å². The number of anilines is 2. The van der Waals surface area contributed by atoms with Crippen molar-refractivity contribution in [3.05, 3.63) is 11.4 Å². The molecule has 2 unspecified atom stereocenters. The SMILES string of the molecule is CCc1nc(NC)c(C)c(NC2CCOC(C)C2)n1. The Hall–Kier alpha value is -1.36. The van der Waals surface area contributed by atoms with Crippen LogP contribution < -0.4 is 10.6 Å². The minimum absolute atomic E-state index is 0.322. The summed E-state index contributed by atoms with van der Waals surface area (Å²) in [5.74, 6) is 2.74. The Bertz CT molecular complexity index is 436. The van der Waals surface area contributed by atoms with Gasteiger partial charge in [0.25, 0.3) is 0 Å². The zero-order valence-corrected chi connectivity index (χ0v) is 12.3. The predicted molar refractivity (Wildman–Crippen MR) is 77.8 cm³/mol. The van der Waals surface area contributed by atoms with Gasteiger partial charge in [0.15, 0.2) is 0 Å². The van der Waals surface area contributed by atoms with Crippen LogP contribution in [0.4, 0.5) is 11.6 Å². The number of hydrogen-bond donors (Lipinski definition) is 2. The van der Waals surface area contributed by atoms with Gasteiger partial charge in [-0.3, -0.25) is 0 Å². The maximum absolute atomic E-state index is 5.58. The van der Waals surface area contributed by atoms with Gasteiger partial charge < -0.3 is 15.4 Å². The largest absolute Gasteiger partial charge is 0.378 e. The van der Waals surface area contributed by atoms with Crippen molar-refractivity contribution in [2.24, 2.45) is 0 Å². The van der Waals surface area contributed by atoms with Crippen LogP contribution in [-0.2, 0) is 11.2 Å². The first-order chi connectivity index (χ1) is 9.13. The molecule has 0 saturated carbocycles. The molecule has 19 heavy (non-hydrogen) atoms. The Labute approximate surface area is 115 Å². The molecule has 0 amide bonds. The molecule has 0 aromatic carbocycles. The van der Waals surface area contributed by atoms with E-state index in [2.05, 4.69) is 41.4 Å². The van der Waals surface area contributed by atoms with Crippen LogP contribution in [0.3, 0.4) is 0 Å². The fourth-order valence-corrected chi connectivity index (χ4v) is 2.43. The molecule has 2 heterocycles. The van der Waals surface area contributed by atoms with Gasteiger partial charge in [0.05, 0.1) is 6.10 Å². The third-order valence-electron chi connectivity index (χ3n) is 3.57. The highest BCUT2D eigenvalue weighted by Crippen LogP contribution is 2.23. The van der Waals surface area contributed by atoms with Gasteiger partial charge in [-0.2, -0.15) is 0 Å². The number of aromatic nitrogens is 2. The first kappa shape index (κ1) is 14.1. The fraction of sp³-hybridized carbons (Fsp3) is 0.714. The molecule has 0 bridgehead atoms. The molecule has 1 aromatic heterocycles. The van der Waals surface area contributed by atoms with Crippen molar-refractivity contribution < 1.29 is 4.74 Å². The van der Waals surface area contributed by atoms with Crippen molar-refractivity contribution >= 4 is 11.6 Å². The van der Waals surface area contributed by atoms with Crippen molar-refractivity contribution in [1.29, 1.82) is 0 Å². The second kappa shape index (κ2) is 6.19. The van der Waals surface area contributed by atoms with Crippen molar-refractivity contribution in [3.8, 4) is 0 Å². The number of rotatable bonds is 4. The van der Waals surface area contributed by atoms with E-state index in [1.807, 2.05) is 7.05 Å². The van der Waals surface area contributed by atoms with Gasteiger partial charge in [0.1, 0.15) is 17.5 Å². The average molecular weight is 264 g/mol. The smallest absolute Gasteiger partial charge is 0.134 e. The summed E-state index contributed by atoms with van der Waals surface area (Å²) in [5, 5.41) is 6.70. The standard InChI is InChI=1S/C14H24N4O/c1-5-12-17-13(15-4)10(3)14(18-12)16-11-6-7-19-9(2)8-11/h9,11H,5-8H2,1-4H3,(H2,15,16,17,18). The summed E-state index contributed by atoms with van der Waals surface area (Å²) in [6.07, 6.45) is 3.22. The molecule has 0 aliphatic carbocycles. The van der Waals surface area contributed by atoms with E-state index < -0.39 is 0 Å². The highest BCUT2D eigenvalue weighted by Gasteiger charge is 2.21. The second-order valence-electron chi connectivity index (χ2n) is 5.11. The Morgan fingerprint density at radius 1 is 1.32 bits per heavy atom. The van der Waals surface area contributed by atoms with Crippen molar-refractivity contribution in [1.82, 2.24) is 9.97 Å². The van der Waals surface area contributed by atoms with Crippen LogP contribution in [0.2, 0.25) is 0 Å². The zero-order valence-electron chi connectivity index (χ0n) is 12.3. The summed E-state index contributed by atoms with van der Waals surface area (Å²) >= 11 is 0. The Morgan fingerprint density at radius 2 is 2.05 bits per heavy atom. The Balaban J connectivity index is 2.18. The van der Waals surface area contributed by atoms with Gasteiger partial charge >= 0.3 is 0 Å². The molecule has 2 rings (SSSR count). The van der Waals surface area contributed by atoms with E-state index in [1.54, 1.807) is 0 Å². The molecule has 1 saturated heterocycles. The summed E-state index contributed by atoms with van der Waals surface area (Å²) in [5.41, 5.74) is 1.08. The van der Waals surface area contributed by atoms with Gasteiger partial charge in [0.2, 0.25) is 0 Å². The molecule has 1 aromatic rings. The topological polar surface area (TPSA) is 59.1 Å². The monoisotopic (exact) mass is 264 g/mol. The molecule has 2 N–H and O–H groups in total. The van der Waals surface area contributed by atoms with Crippen molar-refractivity contribution in [2.45, 2.75) is 52.2 Å². The van der Waals surface area contributed by atoms with Crippen molar-refractivity contribution in [2.75, 3.05) is 24.3 Å². The van der Waals surface area contributed by atoms with Crippen LogP contribution in [0.5, 0.6) is 0 Å². The van der Waals surface area contributed by atoms with E-state index in [1.165, 1.54) is 0 Å². The number of aryl methyl sites for hydroxylation is 1. The lowest BCUT2D eigenvalue weighted by atomic mass is 10.0. The molecule has 2 atom stereocenters. The van der Waals surface area contributed by atoms with E-state index in [4.69, 9.17) is 4.74 Å². The molecule has 0 spiro atoms. The molecule has 1 fully saturated rings. The predicted octanol–water partition coefficient (Wildman–Crippen LogP) is 2.37. The summed E-state index contributed by atoms with van der Waals surface area (Å²) < 4.78 is 5.58. The quantitative estimate of drug-likeness (QED) is 0.874. The van der Waals surface area contributed by atoms with Crippen molar-refractivity contribution in [3.63, 3.8) is 0 Å². The summed E-state index contributed by atoms with van der Waals surface area (Å²) in [7, 11) is 1.90. The lowest BCUT2D eigenvalue weighted by Gasteiger charge is -2.29. The van der Waals surface area contributed by atoms with E-state index in [0.29, 0.717) is 12.1 Å². The highest BCUT2D eigenvalue weighted by molar-refractivity contribution is 5.57. The summed E-state index contributed by atoms with van der Waals surface area (Å²) in [6, 6.07) is 0.437.